The Bertz CT molecular complexity index is 1040. The molecule has 0 radical (unpaired) electrons. The summed E-state index contributed by atoms with van der Waals surface area (Å²) in [4.78, 5) is 7.37. The van der Waals surface area contributed by atoms with Crippen molar-refractivity contribution in [1.29, 1.82) is 0 Å². The summed E-state index contributed by atoms with van der Waals surface area (Å²) in [5, 5.41) is 10.2. The predicted octanol–water partition coefficient (Wildman–Crippen LogP) is 5.24. The van der Waals surface area contributed by atoms with Crippen molar-refractivity contribution in [3.05, 3.63) is 54.6 Å². The second-order valence-corrected chi connectivity index (χ2v) is 9.05. The van der Waals surface area contributed by atoms with E-state index in [-0.39, 0.29) is 0 Å². The number of fused-ring (bicyclic) bond motifs is 1. The van der Waals surface area contributed by atoms with E-state index in [2.05, 4.69) is 66.9 Å². The molecule has 4 rings (SSSR count). The normalized spacial score (nSPS) is 15.8. The van der Waals surface area contributed by atoms with Crippen molar-refractivity contribution in [3.8, 4) is 11.1 Å². The molecule has 1 fully saturated rings. The second kappa shape index (κ2) is 8.60. The minimum Gasteiger partial charge on any atom is -0.344 e. The Kier molecular flexibility index (Phi) is 5.91. The van der Waals surface area contributed by atoms with Crippen molar-refractivity contribution in [3.63, 3.8) is 0 Å². The number of aromatic nitrogens is 3. The van der Waals surface area contributed by atoms with Crippen LogP contribution in [0.2, 0.25) is 0 Å². The molecule has 0 spiro atoms. The van der Waals surface area contributed by atoms with Crippen LogP contribution in [0.3, 0.4) is 0 Å². The minimum absolute atomic E-state index is 0.507. The molecule has 3 aromatic rings. The first-order chi connectivity index (χ1) is 14.4. The molecule has 0 saturated carbocycles. The Balaban J connectivity index is 1.49. The van der Waals surface area contributed by atoms with Crippen molar-refractivity contribution < 1.29 is 0 Å². The van der Waals surface area contributed by atoms with E-state index in [9.17, 15) is 0 Å². The summed E-state index contributed by atoms with van der Waals surface area (Å²) >= 11 is 0. The Hall–Kier alpha value is -2.66. The van der Waals surface area contributed by atoms with Gasteiger partial charge in [-0.25, -0.2) is 4.98 Å². The molecular weight excluding hydrogens is 370 g/mol. The fraction of sp³-hybridized carbons (Fsp3) is 0.440. The van der Waals surface area contributed by atoms with Gasteiger partial charge in [-0.2, -0.15) is 5.10 Å². The Labute approximate surface area is 179 Å². The van der Waals surface area contributed by atoms with Crippen LogP contribution >= 0.6 is 0 Å². The molecule has 158 valence electrons. The van der Waals surface area contributed by atoms with Gasteiger partial charge in [0, 0.05) is 48.0 Å². The summed E-state index contributed by atoms with van der Waals surface area (Å²) in [5.74, 6) is 2.12. The van der Waals surface area contributed by atoms with E-state index in [1.165, 1.54) is 22.9 Å². The van der Waals surface area contributed by atoms with Crippen molar-refractivity contribution in [2.45, 2.75) is 33.6 Å². The molecular formula is C25H33N5. The van der Waals surface area contributed by atoms with Crippen molar-refractivity contribution in [2.24, 2.45) is 18.9 Å². The van der Waals surface area contributed by atoms with E-state index in [4.69, 9.17) is 4.98 Å². The standard InChI is InChI=1S/C25H33N5/c1-17(2)15-30-10-8-20(9-11-30)18(3)27-25-13-22-12-21(23-14-26-29(5)16-23)6-7-24(22)19(4)28-25/h6-7,12-14,16-17,20H,3,8-11,15H2,1-2,4-5H3,(H,27,28). The van der Waals surface area contributed by atoms with Crippen LogP contribution in [-0.4, -0.2) is 39.3 Å². The number of rotatable bonds is 6. The van der Waals surface area contributed by atoms with Crippen molar-refractivity contribution in [1.82, 2.24) is 19.7 Å². The molecule has 3 heterocycles. The van der Waals surface area contributed by atoms with Gasteiger partial charge in [0.25, 0.3) is 0 Å². The largest absolute Gasteiger partial charge is 0.344 e. The average molecular weight is 404 g/mol. The van der Waals surface area contributed by atoms with Crippen LogP contribution in [0.25, 0.3) is 21.9 Å². The van der Waals surface area contributed by atoms with Crippen LogP contribution in [0.4, 0.5) is 5.82 Å². The molecule has 1 N–H and O–H groups in total. The number of hydrogen-bond acceptors (Lipinski definition) is 4. The number of likely N-dealkylation sites (tertiary alicyclic amines) is 1. The number of allylic oxidation sites excluding steroid dienone is 1. The molecule has 1 aliphatic rings. The summed E-state index contributed by atoms with van der Waals surface area (Å²) in [6.07, 6.45) is 6.27. The zero-order chi connectivity index (χ0) is 21.3. The molecule has 1 aliphatic heterocycles. The highest BCUT2D eigenvalue weighted by molar-refractivity contribution is 5.90. The summed E-state index contributed by atoms with van der Waals surface area (Å²) in [5.41, 5.74) is 4.42. The van der Waals surface area contributed by atoms with Gasteiger partial charge in [-0.3, -0.25) is 4.68 Å². The van der Waals surface area contributed by atoms with E-state index in [0.29, 0.717) is 5.92 Å². The van der Waals surface area contributed by atoms with Crippen molar-refractivity contribution in [2.75, 3.05) is 25.0 Å². The first-order valence-electron chi connectivity index (χ1n) is 11.0. The monoisotopic (exact) mass is 403 g/mol. The molecule has 0 amide bonds. The number of benzene rings is 1. The lowest BCUT2D eigenvalue weighted by Gasteiger charge is -2.34. The van der Waals surface area contributed by atoms with E-state index in [1.54, 1.807) is 0 Å². The summed E-state index contributed by atoms with van der Waals surface area (Å²) in [7, 11) is 1.94. The highest BCUT2D eigenvalue weighted by Crippen LogP contribution is 2.29. The molecule has 0 unspecified atom stereocenters. The van der Waals surface area contributed by atoms with Gasteiger partial charge in [0.2, 0.25) is 0 Å². The number of pyridine rings is 1. The summed E-state index contributed by atoms with van der Waals surface area (Å²) in [6, 6.07) is 8.66. The first-order valence-corrected chi connectivity index (χ1v) is 11.0. The highest BCUT2D eigenvalue weighted by Gasteiger charge is 2.22. The zero-order valence-electron chi connectivity index (χ0n) is 18.7. The van der Waals surface area contributed by atoms with Crippen LogP contribution in [0, 0.1) is 18.8 Å². The maximum Gasteiger partial charge on any atom is 0.130 e. The third-order valence-corrected chi connectivity index (χ3v) is 6.05. The highest BCUT2D eigenvalue weighted by atomic mass is 15.2. The third kappa shape index (κ3) is 4.57. The molecule has 1 saturated heterocycles. The molecule has 5 nitrogen and oxygen atoms in total. The van der Waals surface area contributed by atoms with Crippen LogP contribution in [0.1, 0.15) is 32.4 Å². The maximum absolute atomic E-state index is 4.80. The van der Waals surface area contributed by atoms with Gasteiger partial charge in [-0.15, -0.1) is 0 Å². The fourth-order valence-electron chi connectivity index (χ4n) is 4.49. The minimum atomic E-state index is 0.507. The molecule has 0 atom stereocenters. The molecule has 30 heavy (non-hydrogen) atoms. The van der Waals surface area contributed by atoms with Gasteiger partial charge in [-0.05, 0) is 61.9 Å². The average Bonchev–Trinajstić information content (AvgIpc) is 3.14. The molecule has 5 heteroatoms. The topological polar surface area (TPSA) is 46.0 Å². The summed E-state index contributed by atoms with van der Waals surface area (Å²) in [6.45, 7) is 14.5. The lowest BCUT2D eigenvalue weighted by Crippen LogP contribution is -2.37. The maximum atomic E-state index is 4.80. The first kappa shape index (κ1) is 20.6. The smallest absolute Gasteiger partial charge is 0.130 e. The number of nitrogens with one attached hydrogen (secondary N) is 1. The number of piperidine rings is 1. The van der Waals surface area contributed by atoms with Gasteiger partial charge < -0.3 is 10.2 Å². The van der Waals surface area contributed by atoms with Crippen LogP contribution in [0.15, 0.2) is 48.9 Å². The molecule has 2 aromatic heterocycles. The number of hydrogen-bond donors (Lipinski definition) is 1. The zero-order valence-corrected chi connectivity index (χ0v) is 18.7. The van der Waals surface area contributed by atoms with Crippen LogP contribution < -0.4 is 5.32 Å². The Morgan fingerprint density at radius 1 is 1.20 bits per heavy atom. The number of nitrogens with zero attached hydrogens (tertiary/aromatic N) is 4. The molecule has 1 aromatic carbocycles. The second-order valence-electron chi connectivity index (χ2n) is 9.05. The quantitative estimate of drug-likeness (QED) is 0.612. The number of aryl methyl sites for hydroxylation is 2. The summed E-state index contributed by atoms with van der Waals surface area (Å²) < 4.78 is 1.83. The van der Waals surface area contributed by atoms with Crippen LogP contribution in [0.5, 0.6) is 0 Å². The van der Waals surface area contributed by atoms with Gasteiger partial charge in [0.05, 0.1) is 6.20 Å². The van der Waals surface area contributed by atoms with E-state index >= 15 is 0 Å². The fourth-order valence-corrected chi connectivity index (χ4v) is 4.49. The van der Waals surface area contributed by atoms with Gasteiger partial charge in [-0.1, -0.05) is 32.6 Å². The van der Waals surface area contributed by atoms with E-state index in [0.717, 1.165) is 54.6 Å². The van der Waals surface area contributed by atoms with E-state index < -0.39 is 0 Å². The van der Waals surface area contributed by atoms with Crippen LogP contribution in [-0.2, 0) is 7.05 Å². The lowest BCUT2D eigenvalue weighted by atomic mass is 9.93. The van der Waals surface area contributed by atoms with Gasteiger partial charge in [0.1, 0.15) is 5.82 Å². The van der Waals surface area contributed by atoms with Crippen molar-refractivity contribution >= 4 is 16.6 Å². The molecule has 0 aliphatic carbocycles. The lowest BCUT2D eigenvalue weighted by molar-refractivity contribution is 0.181. The van der Waals surface area contributed by atoms with E-state index in [1.807, 2.05) is 24.1 Å². The Morgan fingerprint density at radius 3 is 2.63 bits per heavy atom. The molecule has 0 bridgehead atoms. The third-order valence-electron chi connectivity index (χ3n) is 6.05. The predicted molar refractivity (Wildman–Crippen MR) is 125 cm³/mol. The SMILES string of the molecule is C=C(Nc1cc2cc(-c3cnn(C)c3)ccc2c(C)n1)C1CCN(CC(C)C)CC1. The van der Waals surface area contributed by atoms with Gasteiger partial charge in [0.15, 0.2) is 0 Å². The number of anilines is 1. The Morgan fingerprint density at radius 2 is 1.97 bits per heavy atom. The van der Waals surface area contributed by atoms with Gasteiger partial charge >= 0.3 is 0 Å².